The number of carboxylic acids is 1. The fourth-order valence-corrected chi connectivity index (χ4v) is 3.84. The fourth-order valence-electron chi connectivity index (χ4n) is 3.54. The summed E-state index contributed by atoms with van der Waals surface area (Å²) in [6, 6.07) is 8.56. The molecule has 0 radical (unpaired) electrons. The lowest BCUT2D eigenvalue weighted by Gasteiger charge is -2.21. The summed E-state index contributed by atoms with van der Waals surface area (Å²) in [6.45, 7) is 3.68. The Labute approximate surface area is 185 Å². The van der Waals surface area contributed by atoms with Crippen molar-refractivity contribution in [2.45, 2.75) is 26.6 Å². The van der Waals surface area contributed by atoms with Crippen LogP contribution in [0.3, 0.4) is 0 Å². The minimum Gasteiger partial charge on any atom is -0.477 e. The van der Waals surface area contributed by atoms with E-state index in [0.29, 0.717) is 17.8 Å². The predicted octanol–water partition coefficient (Wildman–Crippen LogP) is 6.53. The van der Waals surface area contributed by atoms with Gasteiger partial charge in [0.25, 0.3) is 0 Å². The highest BCUT2D eigenvalue weighted by atomic mass is 35.5. The van der Waals surface area contributed by atoms with Crippen LogP contribution in [-0.2, 0) is 12.7 Å². The quantitative estimate of drug-likeness (QED) is 0.472. The highest BCUT2D eigenvalue weighted by Crippen LogP contribution is 2.34. The summed E-state index contributed by atoms with van der Waals surface area (Å²) in [4.78, 5) is 25.3. The van der Waals surface area contributed by atoms with E-state index in [0.717, 1.165) is 24.3 Å². The number of alkyl halides is 3. The Balaban J connectivity index is 2.36. The van der Waals surface area contributed by atoms with E-state index in [4.69, 9.17) is 23.2 Å². The number of aromatic nitrogens is 1. The molecule has 0 bridgehead atoms. The van der Waals surface area contributed by atoms with E-state index >= 15 is 0 Å². The van der Waals surface area contributed by atoms with Gasteiger partial charge >= 0.3 is 12.1 Å². The van der Waals surface area contributed by atoms with Gasteiger partial charge in [0.2, 0.25) is 5.43 Å². The fraction of sp³-hybridized carbons (Fsp3) is 0.182. The van der Waals surface area contributed by atoms with Gasteiger partial charge in [0.05, 0.1) is 21.3 Å². The molecule has 9 heteroatoms. The maximum atomic E-state index is 13.3. The Hall–Kier alpha value is -2.77. The van der Waals surface area contributed by atoms with Crippen LogP contribution in [0.2, 0.25) is 10.0 Å². The molecule has 0 aliphatic heterocycles. The van der Waals surface area contributed by atoms with E-state index in [2.05, 4.69) is 0 Å². The highest BCUT2D eigenvalue weighted by Gasteiger charge is 2.31. The molecular weight excluding hydrogens is 454 g/mol. The predicted molar refractivity (Wildman–Crippen MR) is 114 cm³/mol. The van der Waals surface area contributed by atoms with E-state index < -0.39 is 28.7 Å². The molecule has 4 nitrogen and oxygen atoms in total. The molecular formula is C22H16Cl2F3NO3. The molecule has 0 aliphatic carbocycles. The van der Waals surface area contributed by atoms with E-state index in [-0.39, 0.29) is 26.9 Å². The van der Waals surface area contributed by atoms with Crippen LogP contribution in [0.25, 0.3) is 22.4 Å². The number of nitrogens with zero attached hydrogens (tertiary/aromatic N) is 1. The molecule has 0 unspecified atom stereocenters. The second kappa shape index (κ2) is 8.40. The van der Waals surface area contributed by atoms with Gasteiger partial charge in [-0.3, -0.25) is 4.79 Å². The summed E-state index contributed by atoms with van der Waals surface area (Å²) in [5.74, 6) is -1.46. The Bertz CT molecular complexity index is 1230. The molecule has 0 saturated heterocycles. The van der Waals surface area contributed by atoms with Crippen molar-refractivity contribution in [3.8, 4) is 22.4 Å². The van der Waals surface area contributed by atoms with Gasteiger partial charge in [-0.1, -0.05) is 41.4 Å². The topological polar surface area (TPSA) is 59.3 Å². The molecule has 1 aromatic heterocycles. The monoisotopic (exact) mass is 469 g/mol. The van der Waals surface area contributed by atoms with Crippen LogP contribution < -0.4 is 5.43 Å². The number of halogens is 5. The van der Waals surface area contributed by atoms with Crippen molar-refractivity contribution in [1.82, 2.24) is 4.57 Å². The summed E-state index contributed by atoms with van der Waals surface area (Å²) in [5.41, 5.74) is -0.998. The Morgan fingerprint density at radius 3 is 2.10 bits per heavy atom. The molecule has 31 heavy (non-hydrogen) atoms. The van der Waals surface area contributed by atoms with Gasteiger partial charge in [0.1, 0.15) is 5.56 Å². The van der Waals surface area contributed by atoms with Crippen molar-refractivity contribution in [1.29, 1.82) is 0 Å². The summed E-state index contributed by atoms with van der Waals surface area (Å²) in [6.07, 6.45) is -4.53. The summed E-state index contributed by atoms with van der Waals surface area (Å²) in [7, 11) is 0. The molecule has 0 saturated carbocycles. The molecule has 0 aliphatic rings. The SMILES string of the molecule is CCn1c(C)c(-c2ccc(C(F)(F)F)cc2)c(=O)c(C(=O)O)c1-c1ccc(Cl)c(Cl)c1. The van der Waals surface area contributed by atoms with Gasteiger partial charge in [-0.2, -0.15) is 13.2 Å². The van der Waals surface area contributed by atoms with Crippen molar-refractivity contribution in [3.63, 3.8) is 0 Å². The van der Waals surface area contributed by atoms with Crippen LogP contribution in [-0.4, -0.2) is 15.6 Å². The first kappa shape index (κ1) is 22.9. The Kier molecular flexibility index (Phi) is 6.21. The third-order valence-electron chi connectivity index (χ3n) is 4.95. The van der Waals surface area contributed by atoms with Crippen molar-refractivity contribution >= 4 is 29.2 Å². The van der Waals surface area contributed by atoms with Crippen LogP contribution in [0.4, 0.5) is 13.2 Å². The minimum absolute atomic E-state index is 0.0248. The summed E-state index contributed by atoms with van der Waals surface area (Å²) < 4.78 is 40.3. The molecule has 1 heterocycles. The molecule has 3 aromatic rings. The summed E-state index contributed by atoms with van der Waals surface area (Å²) in [5, 5.41) is 10.3. The minimum atomic E-state index is -4.53. The van der Waals surface area contributed by atoms with Crippen molar-refractivity contribution < 1.29 is 23.1 Å². The maximum absolute atomic E-state index is 13.3. The molecule has 0 amide bonds. The van der Waals surface area contributed by atoms with Gasteiger partial charge in [-0.15, -0.1) is 0 Å². The van der Waals surface area contributed by atoms with Crippen LogP contribution in [0, 0.1) is 6.92 Å². The molecule has 0 atom stereocenters. The number of rotatable bonds is 4. The highest BCUT2D eigenvalue weighted by molar-refractivity contribution is 6.42. The number of hydrogen-bond donors (Lipinski definition) is 1. The standard InChI is InChI=1S/C22H16Cl2F3NO3/c1-3-28-11(2)17(12-4-7-14(8-5-12)22(25,26)27)20(29)18(21(30)31)19(28)13-6-9-15(23)16(24)10-13/h4-10H,3H2,1-2H3,(H,30,31). The van der Waals surface area contributed by atoms with Crippen LogP contribution >= 0.6 is 23.2 Å². The molecule has 2 aromatic carbocycles. The first-order valence-corrected chi connectivity index (χ1v) is 9.86. The van der Waals surface area contributed by atoms with Gasteiger partial charge in [0.15, 0.2) is 0 Å². The largest absolute Gasteiger partial charge is 0.477 e. The zero-order chi connectivity index (χ0) is 23.1. The van der Waals surface area contributed by atoms with E-state index in [1.54, 1.807) is 24.5 Å². The van der Waals surface area contributed by atoms with Crippen molar-refractivity contribution in [2.75, 3.05) is 0 Å². The number of hydrogen-bond acceptors (Lipinski definition) is 2. The Morgan fingerprint density at radius 1 is 1.03 bits per heavy atom. The van der Waals surface area contributed by atoms with Gasteiger partial charge in [-0.25, -0.2) is 4.79 Å². The number of aromatic carboxylic acids is 1. The lowest BCUT2D eigenvalue weighted by Crippen LogP contribution is -2.25. The first-order valence-electron chi connectivity index (χ1n) is 9.11. The average Bonchev–Trinajstić information content (AvgIpc) is 2.69. The lowest BCUT2D eigenvalue weighted by molar-refractivity contribution is -0.137. The second-order valence-electron chi connectivity index (χ2n) is 6.77. The number of carboxylic acid groups (broad SMARTS) is 1. The maximum Gasteiger partial charge on any atom is 0.416 e. The zero-order valence-electron chi connectivity index (χ0n) is 16.3. The summed E-state index contributed by atoms with van der Waals surface area (Å²) >= 11 is 12.1. The lowest BCUT2D eigenvalue weighted by atomic mass is 9.95. The smallest absolute Gasteiger partial charge is 0.416 e. The molecule has 3 rings (SSSR count). The number of benzene rings is 2. The van der Waals surface area contributed by atoms with Gasteiger partial charge < -0.3 is 9.67 Å². The molecule has 1 N–H and O–H groups in total. The number of pyridine rings is 1. The van der Waals surface area contributed by atoms with Gasteiger partial charge in [-0.05, 0) is 43.7 Å². The van der Waals surface area contributed by atoms with Crippen molar-refractivity contribution in [2.24, 2.45) is 0 Å². The van der Waals surface area contributed by atoms with Crippen LogP contribution in [0.15, 0.2) is 47.3 Å². The van der Waals surface area contributed by atoms with E-state index in [1.807, 2.05) is 0 Å². The van der Waals surface area contributed by atoms with E-state index in [1.165, 1.54) is 12.1 Å². The molecule has 162 valence electrons. The Morgan fingerprint density at radius 2 is 1.61 bits per heavy atom. The molecule has 0 spiro atoms. The number of carbonyl (C=O) groups is 1. The second-order valence-corrected chi connectivity index (χ2v) is 7.58. The van der Waals surface area contributed by atoms with Crippen LogP contribution in [0.5, 0.6) is 0 Å². The third-order valence-corrected chi connectivity index (χ3v) is 5.69. The molecule has 0 fully saturated rings. The third kappa shape index (κ3) is 4.20. The normalized spacial score (nSPS) is 11.6. The van der Waals surface area contributed by atoms with Crippen LogP contribution in [0.1, 0.15) is 28.5 Å². The zero-order valence-corrected chi connectivity index (χ0v) is 17.9. The van der Waals surface area contributed by atoms with E-state index in [9.17, 15) is 27.9 Å². The van der Waals surface area contributed by atoms with Crippen molar-refractivity contribution in [3.05, 3.63) is 79.6 Å². The average molecular weight is 470 g/mol. The van der Waals surface area contributed by atoms with Gasteiger partial charge in [0, 0.05) is 23.4 Å². The first-order chi connectivity index (χ1) is 14.5.